The molecule has 0 spiro atoms. The molecule has 2 heteroatoms. The van der Waals surface area contributed by atoms with Crippen molar-refractivity contribution in [3.63, 3.8) is 0 Å². The normalized spacial score (nSPS) is 10.5. The number of rotatable bonds is 4. The second kappa shape index (κ2) is 5.85. The fraction of sp³-hybridized carbons (Fsp3) is 0.200. The van der Waals surface area contributed by atoms with Crippen molar-refractivity contribution >= 4 is 11.6 Å². The highest BCUT2D eigenvalue weighted by Crippen LogP contribution is 2.14. The van der Waals surface area contributed by atoms with E-state index < -0.39 is 0 Å². The number of benzene rings is 2. The lowest BCUT2D eigenvalue weighted by Gasteiger charge is -2.04. The molecule has 0 unspecified atom stereocenters. The van der Waals surface area contributed by atoms with Crippen LogP contribution in [0.4, 0.5) is 0 Å². The molecule has 88 valence electrons. The molecule has 0 bridgehead atoms. The van der Waals surface area contributed by atoms with Crippen LogP contribution in [0.5, 0.6) is 0 Å². The summed E-state index contributed by atoms with van der Waals surface area (Å²) in [5.74, 6) is 0. The van der Waals surface area contributed by atoms with E-state index in [0.29, 0.717) is 6.54 Å². The summed E-state index contributed by atoms with van der Waals surface area (Å²) in [7, 11) is 0. The molecule has 0 atom stereocenters. The highest BCUT2D eigenvalue weighted by Gasteiger charge is 1.97. The first-order valence-electron chi connectivity index (χ1n) is 5.80. The molecule has 0 radical (unpaired) electrons. The molecule has 0 fully saturated rings. The molecule has 0 aliphatic heterocycles. The molecule has 0 aliphatic carbocycles. The van der Waals surface area contributed by atoms with Crippen molar-refractivity contribution in [2.75, 3.05) is 6.54 Å². The van der Waals surface area contributed by atoms with Gasteiger partial charge in [-0.25, -0.2) is 0 Å². The zero-order valence-corrected chi connectivity index (χ0v) is 10.5. The summed E-state index contributed by atoms with van der Waals surface area (Å²) in [6.07, 6.45) is 1.89. The van der Waals surface area contributed by atoms with Gasteiger partial charge in [-0.1, -0.05) is 48.0 Å². The summed E-state index contributed by atoms with van der Waals surface area (Å²) in [6.45, 7) is 0.705. The van der Waals surface area contributed by atoms with E-state index >= 15 is 0 Å². The minimum atomic E-state index is 0.705. The Morgan fingerprint density at radius 1 is 0.765 bits per heavy atom. The van der Waals surface area contributed by atoms with Crippen molar-refractivity contribution in [2.45, 2.75) is 12.8 Å². The molecule has 2 aromatic rings. The van der Waals surface area contributed by atoms with Crippen LogP contribution < -0.4 is 5.73 Å². The van der Waals surface area contributed by atoms with Gasteiger partial charge < -0.3 is 5.73 Å². The van der Waals surface area contributed by atoms with Crippen LogP contribution in [-0.2, 0) is 12.8 Å². The van der Waals surface area contributed by atoms with Gasteiger partial charge in [-0.2, -0.15) is 0 Å². The van der Waals surface area contributed by atoms with Gasteiger partial charge in [0.15, 0.2) is 0 Å². The number of hydrogen-bond donors (Lipinski definition) is 1. The third kappa shape index (κ3) is 3.58. The Morgan fingerprint density at radius 2 is 1.24 bits per heavy atom. The molecule has 17 heavy (non-hydrogen) atoms. The molecule has 2 N–H and O–H groups in total. The Morgan fingerprint density at radius 3 is 1.76 bits per heavy atom. The summed E-state index contributed by atoms with van der Waals surface area (Å²) in [4.78, 5) is 0. The van der Waals surface area contributed by atoms with Crippen molar-refractivity contribution in [1.82, 2.24) is 0 Å². The minimum Gasteiger partial charge on any atom is -0.330 e. The summed E-state index contributed by atoms with van der Waals surface area (Å²) in [6, 6.07) is 16.6. The topological polar surface area (TPSA) is 26.0 Å². The quantitative estimate of drug-likeness (QED) is 0.878. The minimum absolute atomic E-state index is 0.705. The average Bonchev–Trinajstić information content (AvgIpc) is 2.35. The van der Waals surface area contributed by atoms with Crippen molar-refractivity contribution in [3.8, 4) is 0 Å². The molecular formula is C15H16ClN. The molecule has 0 saturated heterocycles. The van der Waals surface area contributed by atoms with Gasteiger partial charge in [-0.05, 0) is 48.2 Å². The van der Waals surface area contributed by atoms with Crippen LogP contribution in [0.3, 0.4) is 0 Å². The van der Waals surface area contributed by atoms with Crippen LogP contribution in [0.25, 0.3) is 0 Å². The van der Waals surface area contributed by atoms with Gasteiger partial charge in [0.1, 0.15) is 0 Å². The van der Waals surface area contributed by atoms with Crippen LogP contribution in [0.1, 0.15) is 16.7 Å². The van der Waals surface area contributed by atoms with Crippen LogP contribution >= 0.6 is 11.6 Å². The third-order valence-electron chi connectivity index (χ3n) is 2.78. The van der Waals surface area contributed by atoms with E-state index in [4.69, 9.17) is 17.3 Å². The average molecular weight is 246 g/mol. The smallest absolute Gasteiger partial charge is 0.0406 e. The summed E-state index contributed by atoms with van der Waals surface area (Å²) in [5, 5.41) is 0.784. The second-order valence-corrected chi connectivity index (χ2v) is 4.59. The standard InChI is InChI=1S/C15H16ClN/c16-15-7-5-14(6-8-15)11-13-3-1-12(2-4-13)9-10-17/h1-8H,9-11,17H2. The molecule has 0 aliphatic rings. The molecule has 1 nitrogen and oxygen atoms in total. The van der Waals surface area contributed by atoms with Crippen molar-refractivity contribution < 1.29 is 0 Å². The Kier molecular flexibility index (Phi) is 4.18. The highest BCUT2D eigenvalue weighted by molar-refractivity contribution is 6.30. The Bertz CT molecular complexity index is 459. The number of nitrogens with two attached hydrogens (primary N) is 1. The largest absolute Gasteiger partial charge is 0.330 e. The fourth-order valence-electron chi connectivity index (χ4n) is 1.83. The first kappa shape index (κ1) is 12.2. The predicted molar refractivity (Wildman–Crippen MR) is 73.5 cm³/mol. The van der Waals surface area contributed by atoms with E-state index in [1.807, 2.05) is 12.1 Å². The summed E-state index contributed by atoms with van der Waals surface area (Å²) < 4.78 is 0. The maximum atomic E-state index is 5.86. The van der Waals surface area contributed by atoms with Crippen LogP contribution in [0.2, 0.25) is 5.02 Å². The van der Waals surface area contributed by atoms with Gasteiger partial charge in [0.2, 0.25) is 0 Å². The Hall–Kier alpha value is -1.31. The van der Waals surface area contributed by atoms with Crippen molar-refractivity contribution in [1.29, 1.82) is 0 Å². The lowest BCUT2D eigenvalue weighted by atomic mass is 10.0. The van der Waals surface area contributed by atoms with E-state index in [0.717, 1.165) is 17.9 Å². The molecule has 2 aromatic carbocycles. The van der Waals surface area contributed by atoms with Gasteiger partial charge in [0.05, 0.1) is 0 Å². The fourth-order valence-corrected chi connectivity index (χ4v) is 1.95. The number of hydrogen-bond acceptors (Lipinski definition) is 1. The van der Waals surface area contributed by atoms with Gasteiger partial charge in [-0.3, -0.25) is 0 Å². The Labute approximate surface area is 107 Å². The van der Waals surface area contributed by atoms with Crippen molar-refractivity contribution in [2.24, 2.45) is 5.73 Å². The molecular weight excluding hydrogens is 230 g/mol. The van der Waals surface area contributed by atoms with E-state index in [9.17, 15) is 0 Å². The van der Waals surface area contributed by atoms with Crippen LogP contribution in [-0.4, -0.2) is 6.54 Å². The molecule has 2 rings (SSSR count). The lowest BCUT2D eigenvalue weighted by molar-refractivity contribution is 0.966. The van der Waals surface area contributed by atoms with E-state index in [-0.39, 0.29) is 0 Å². The van der Waals surface area contributed by atoms with Crippen LogP contribution in [0.15, 0.2) is 48.5 Å². The first-order chi connectivity index (χ1) is 8.28. The van der Waals surface area contributed by atoms with Gasteiger partial charge in [0.25, 0.3) is 0 Å². The SMILES string of the molecule is NCCc1ccc(Cc2ccc(Cl)cc2)cc1. The highest BCUT2D eigenvalue weighted by atomic mass is 35.5. The zero-order chi connectivity index (χ0) is 12.1. The number of halogens is 1. The van der Waals surface area contributed by atoms with Gasteiger partial charge in [-0.15, -0.1) is 0 Å². The van der Waals surface area contributed by atoms with E-state index in [1.165, 1.54) is 16.7 Å². The first-order valence-corrected chi connectivity index (χ1v) is 6.18. The summed E-state index contributed by atoms with van der Waals surface area (Å²) in [5.41, 5.74) is 9.41. The Balaban J connectivity index is 2.05. The third-order valence-corrected chi connectivity index (χ3v) is 3.03. The monoisotopic (exact) mass is 245 g/mol. The molecule has 0 aromatic heterocycles. The predicted octanol–water partition coefficient (Wildman–Crippen LogP) is 3.43. The van der Waals surface area contributed by atoms with E-state index in [2.05, 4.69) is 36.4 Å². The summed E-state index contributed by atoms with van der Waals surface area (Å²) >= 11 is 5.86. The van der Waals surface area contributed by atoms with Crippen LogP contribution in [0, 0.1) is 0 Å². The van der Waals surface area contributed by atoms with E-state index in [1.54, 1.807) is 0 Å². The maximum Gasteiger partial charge on any atom is 0.0406 e. The lowest BCUT2D eigenvalue weighted by Crippen LogP contribution is -2.02. The van der Waals surface area contributed by atoms with Gasteiger partial charge >= 0.3 is 0 Å². The van der Waals surface area contributed by atoms with Gasteiger partial charge in [0, 0.05) is 5.02 Å². The molecule has 0 amide bonds. The molecule has 0 saturated carbocycles. The zero-order valence-electron chi connectivity index (χ0n) is 9.70. The maximum absolute atomic E-state index is 5.86. The van der Waals surface area contributed by atoms with Crippen molar-refractivity contribution in [3.05, 3.63) is 70.2 Å². The molecule has 0 heterocycles. The second-order valence-electron chi connectivity index (χ2n) is 4.16.